The van der Waals surface area contributed by atoms with Gasteiger partial charge in [-0.1, -0.05) is 29.3 Å². The van der Waals surface area contributed by atoms with E-state index in [0.717, 1.165) is 35.3 Å². The Morgan fingerprint density at radius 2 is 1.69 bits per heavy atom. The third-order valence-corrected chi connectivity index (χ3v) is 7.76. The highest BCUT2D eigenvalue weighted by Crippen LogP contribution is 2.56. The van der Waals surface area contributed by atoms with Crippen LogP contribution >= 0.6 is 23.2 Å². The van der Waals surface area contributed by atoms with Crippen LogP contribution in [-0.4, -0.2) is 45.0 Å². The van der Waals surface area contributed by atoms with E-state index in [1.807, 2.05) is 0 Å². The Morgan fingerprint density at radius 1 is 1.03 bits per heavy atom. The maximum absolute atomic E-state index is 13.6. The zero-order chi connectivity index (χ0) is 25.0. The molecule has 3 amide bonds. The summed E-state index contributed by atoms with van der Waals surface area (Å²) in [6, 6.07) is 9.14. The van der Waals surface area contributed by atoms with E-state index in [9.17, 15) is 29.3 Å². The minimum absolute atomic E-state index is 0.0548. The minimum Gasteiger partial charge on any atom is -0.292 e. The molecule has 4 atom stereocenters. The predicted octanol–water partition coefficient (Wildman–Crippen LogP) is 4.17. The van der Waals surface area contributed by atoms with Crippen LogP contribution in [0.15, 0.2) is 42.5 Å². The number of imide groups is 1. The summed E-state index contributed by atoms with van der Waals surface area (Å²) in [5.41, 5.74) is -0.404. The van der Waals surface area contributed by atoms with Crippen molar-refractivity contribution in [1.82, 2.24) is 10.0 Å². The Hall–Kier alpha value is -3.30. The smallest absolute Gasteiger partial charge is 0.273 e. The maximum Gasteiger partial charge on any atom is 0.273 e. The van der Waals surface area contributed by atoms with Crippen molar-refractivity contribution in [2.75, 3.05) is 6.54 Å². The second-order valence-electron chi connectivity index (χ2n) is 9.09. The number of rotatable bonds is 6. The Labute approximate surface area is 209 Å². The van der Waals surface area contributed by atoms with Crippen LogP contribution in [0.1, 0.15) is 40.0 Å². The number of nitro benzene ring substituents is 1. The molecule has 9 nitrogen and oxygen atoms in total. The molecule has 2 aliphatic carbocycles. The monoisotopic (exact) mass is 515 g/mol. The van der Waals surface area contributed by atoms with Gasteiger partial charge in [-0.25, -0.2) is 5.01 Å². The van der Waals surface area contributed by atoms with Gasteiger partial charge in [0.25, 0.3) is 23.4 Å². The van der Waals surface area contributed by atoms with Gasteiger partial charge in [-0.15, -0.1) is 0 Å². The molecule has 3 aliphatic rings. The fraction of sp³-hybridized carbons (Fsp3) is 0.333. The van der Waals surface area contributed by atoms with E-state index in [4.69, 9.17) is 23.2 Å². The van der Waals surface area contributed by atoms with Crippen LogP contribution in [-0.2, 0) is 9.59 Å². The summed E-state index contributed by atoms with van der Waals surface area (Å²) in [5, 5.41) is 13.2. The molecule has 11 heteroatoms. The summed E-state index contributed by atoms with van der Waals surface area (Å²) in [7, 11) is 0. The number of carbonyl (C=O) groups excluding carboxylic acids is 4. The van der Waals surface area contributed by atoms with Gasteiger partial charge in [-0.05, 0) is 55.4 Å². The fourth-order valence-electron chi connectivity index (χ4n) is 5.70. The van der Waals surface area contributed by atoms with Crippen molar-refractivity contribution in [1.29, 1.82) is 0 Å². The standard InChI is InChI=1S/C24H19Cl2N3O6/c25-15-6-7-17(18(26)10-15)19(30)11-27(22(31)14-2-1-3-16(9-14)29(34)35)28-23(32)20-12-4-5-13(8-12)21(20)24(28)33/h1-3,6-7,9-10,12-13,20-21H,4-5,8,11H2/t12-,13-,20-,21+/m0/s1. The molecule has 0 aromatic heterocycles. The third-order valence-electron chi connectivity index (χ3n) is 7.21. The van der Waals surface area contributed by atoms with Crippen molar-refractivity contribution >= 4 is 52.4 Å². The summed E-state index contributed by atoms with van der Waals surface area (Å²) in [4.78, 5) is 64.1. The van der Waals surface area contributed by atoms with Crippen LogP contribution in [0.4, 0.5) is 5.69 Å². The lowest BCUT2D eigenvalue weighted by atomic mass is 9.81. The second-order valence-corrected chi connectivity index (χ2v) is 9.93. The van der Waals surface area contributed by atoms with E-state index < -0.39 is 46.8 Å². The van der Waals surface area contributed by atoms with Gasteiger partial charge in [-0.3, -0.25) is 29.3 Å². The third kappa shape index (κ3) is 3.88. The molecule has 35 heavy (non-hydrogen) atoms. The number of fused-ring (bicyclic) bond motifs is 5. The molecule has 1 aliphatic heterocycles. The van der Waals surface area contributed by atoms with E-state index in [-0.39, 0.29) is 33.7 Å². The van der Waals surface area contributed by atoms with Crippen molar-refractivity contribution in [2.24, 2.45) is 23.7 Å². The predicted molar refractivity (Wildman–Crippen MR) is 125 cm³/mol. The molecular weight excluding hydrogens is 497 g/mol. The topological polar surface area (TPSA) is 118 Å². The van der Waals surface area contributed by atoms with Crippen molar-refractivity contribution in [3.8, 4) is 0 Å². The van der Waals surface area contributed by atoms with Crippen LogP contribution in [0, 0.1) is 33.8 Å². The number of non-ortho nitro benzene ring substituents is 1. The van der Waals surface area contributed by atoms with E-state index in [0.29, 0.717) is 5.02 Å². The SMILES string of the molecule is O=C(CN(C(=O)c1cccc([N+](=O)[O-])c1)N1C(=O)[C@@H]2[C@H]3CC[C@@H](C3)[C@@H]2C1=O)c1ccc(Cl)cc1Cl. The number of halogens is 2. The van der Waals surface area contributed by atoms with E-state index in [1.54, 1.807) is 0 Å². The van der Waals surface area contributed by atoms with E-state index in [2.05, 4.69) is 0 Å². The number of amides is 3. The van der Waals surface area contributed by atoms with Gasteiger partial charge in [0.2, 0.25) is 0 Å². The largest absolute Gasteiger partial charge is 0.292 e. The zero-order valence-electron chi connectivity index (χ0n) is 18.2. The molecule has 0 N–H and O–H groups in total. The number of carbonyl (C=O) groups is 4. The molecule has 5 rings (SSSR count). The quantitative estimate of drug-likeness (QED) is 0.246. The second kappa shape index (κ2) is 8.73. The number of hydrazine groups is 1. The molecule has 1 heterocycles. The number of Topliss-reactive ketones (excluding diaryl/α,β-unsaturated/α-hetero) is 1. The van der Waals surface area contributed by atoms with Gasteiger partial charge in [0, 0.05) is 28.3 Å². The molecular formula is C24H19Cl2N3O6. The highest BCUT2D eigenvalue weighted by Gasteiger charge is 2.62. The summed E-state index contributed by atoms with van der Waals surface area (Å²) >= 11 is 12.1. The molecule has 2 aromatic rings. The summed E-state index contributed by atoms with van der Waals surface area (Å²) in [6.07, 6.45) is 2.49. The van der Waals surface area contributed by atoms with Gasteiger partial charge in [0.05, 0.1) is 21.8 Å². The molecule has 0 spiro atoms. The van der Waals surface area contributed by atoms with Crippen molar-refractivity contribution in [2.45, 2.75) is 19.3 Å². The maximum atomic E-state index is 13.6. The molecule has 2 bridgehead atoms. The summed E-state index contributed by atoms with van der Waals surface area (Å²) in [6.45, 7) is -0.658. The first kappa shape index (κ1) is 23.4. The molecule has 2 aromatic carbocycles. The van der Waals surface area contributed by atoms with Crippen molar-refractivity contribution in [3.63, 3.8) is 0 Å². The van der Waals surface area contributed by atoms with Crippen LogP contribution in [0.5, 0.6) is 0 Å². The number of hydrogen-bond donors (Lipinski definition) is 0. The average Bonchev–Trinajstić information content (AvgIpc) is 3.51. The fourth-order valence-corrected chi connectivity index (χ4v) is 6.22. The minimum atomic E-state index is -0.874. The first-order chi connectivity index (χ1) is 16.7. The molecule has 180 valence electrons. The number of ketones is 1. The Morgan fingerprint density at radius 3 is 2.29 bits per heavy atom. The van der Waals surface area contributed by atoms with Crippen molar-refractivity contribution < 1.29 is 24.1 Å². The first-order valence-electron chi connectivity index (χ1n) is 11.1. The van der Waals surface area contributed by atoms with Crippen molar-refractivity contribution in [3.05, 3.63) is 73.8 Å². The molecule has 0 radical (unpaired) electrons. The van der Waals surface area contributed by atoms with Gasteiger partial charge >= 0.3 is 0 Å². The van der Waals surface area contributed by atoms with Crippen LogP contribution in [0.25, 0.3) is 0 Å². The number of nitrogens with zero attached hydrogens (tertiary/aromatic N) is 3. The van der Waals surface area contributed by atoms with E-state index in [1.165, 1.54) is 36.4 Å². The van der Waals surface area contributed by atoms with E-state index >= 15 is 0 Å². The zero-order valence-corrected chi connectivity index (χ0v) is 19.7. The Balaban J connectivity index is 1.53. The molecule has 2 saturated carbocycles. The highest BCUT2D eigenvalue weighted by atomic mass is 35.5. The van der Waals surface area contributed by atoms with Crippen LogP contribution < -0.4 is 0 Å². The van der Waals surface area contributed by atoms with Gasteiger partial charge in [0.15, 0.2) is 5.78 Å². The van der Waals surface area contributed by atoms with Crippen LogP contribution in [0.3, 0.4) is 0 Å². The summed E-state index contributed by atoms with van der Waals surface area (Å²) < 4.78 is 0. The highest BCUT2D eigenvalue weighted by molar-refractivity contribution is 6.37. The van der Waals surface area contributed by atoms with Gasteiger partial charge in [-0.2, -0.15) is 5.01 Å². The molecule has 0 unspecified atom stereocenters. The number of benzene rings is 2. The number of nitro groups is 1. The lowest BCUT2D eigenvalue weighted by molar-refractivity contribution is -0.384. The van der Waals surface area contributed by atoms with Gasteiger partial charge < -0.3 is 0 Å². The normalized spacial score (nSPS) is 24.6. The Bertz CT molecular complexity index is 1270. The lowest BCUT2D eigenvalue weighted by Crippen LogP contribution is -2.52. The Kier molecular flexibility index (Phi) is 5.85. The first-order valence-corrected chi connectivity index (χ1v) is 11.8. The summed E-state index contributed by atoms with van der Waals surface area (Å²) in [5.74, 6) is -3.41. The lowest BCUT2D eigenvalue weighted by Gasteiger charge is -2.30. The molecule has 1 saturated heterocycles. The number of hydrogen-bond acceptors (Lipinski definition) is 6. The van der Waals surface area contributed by atoms with Gasteiger partial charge in [0.1, 0.15) is 6.54 Å². The van der Waals surface area contributed by atoms with Crippen LogP contribution in [0.2, 0.25) is 10.0 Å². The average molecular weight is 516 g/mol. The molecule has 3 fully saturated rings.